The second-order valence-electron chi connectivity index (χ2n) is 5.73. The maximum Gasteiger partial charge on any atom is 0.0331 e. The van der Waals surface area contributed by atoms with Gasteiger partial charge in [0.1, 0.15) is 0 Å². The third-order valence-electron chi connectivity index (χ3n) is 4.57. The predicted molar refractivity (Wildman–Crippen MR) is 73.3 cm³/mol. The van der Waals surface area contributed by atoms with E-state index in [1.54, 1.807) is 10.4 Å². The predicted octanol–water partition coefficient (Wildman–Crippen LogP) is 2.80. The number of hydrogen-bond acceptors (Lipinski definition) is 3. The van der Waals surface area contributed by atoms with Crippen LogP contribution in [-0.2, 0) is 6.42 Å². The van der Waals surface area contributed by atoms with Gasteiger partial charge in [0.2, 0.25) is 0 Å². The second-order valence-corrected chi connectivity index (χ2v) is 6.73. The Labute approximate surface area is 108 Å². The fraction of sp³-hybridized carbons (Fsp3) is 0.714. The Morgan fingerprint density at radius 2 is 2.35 bits per heavy atom. The maximum absolute atomic E-state index is 5.74. The van der Waals surface area contributed by atoms with Crippen LogP contribution in [0.1, 0.15) is 42.7 Å². The summed E-state index contributed by atoms with van der Waals surface area (Å²) >= 11 is 1.93. The Kier molecular flexibility index (Phi) is 3.01. The summed E-state index contributed by atoms with van der Waals surface area (Å²) in [4.78, 5) is 4.29. The Hall–Kier alpha value is -0.380. The molecular formula is C14H22N2S. The number of hydrogen-bond donors (Lipinski definition) is 1. The zero-order valence-electron chi connectivity index (χ0n) is 10.6. The summed E-state index contributed by atoms with van der Waals surface area (Å²) in [7, 11) is 0. The fourth-order valence-electron chi connectivity index (χ4n) is 3.18. The van der Waals surface area contributed by atoms with Crippen molar-refractivity contribution in [2.75, 3.05) is 19.6 Å². The summed E-state index contributed by atoms with van der Waals surface area (Å²) < 4.78 is 0. The molecule has 3 rings (SSSR count). The summed E-state index contributed by atoms with van der Waals surface area (Å²) in [6, 6.07) is 2.93. The van der Waals surface area contributed by atoms with Crippen LogP contribution in [0.5, 0.6) is 0 Å². The molecule has 3 heteroatoms. The molecule has 0 saturated heterocycles. The molecule has 1 atom stereocenters. The summed E-state index contributed by atoms with van der Waals surface area (Å²) in [5, 5.41) is 2.25. The lowest BCUT2D eigenvalue weighted by molar-refractivity contribution is 0.156. The Balaban J connectivity index is 1.70. The number of rotatable bonds is 4. The third kappa shape index (κ3) is 2.16. The summed E-state index contributed by atoms with van der Waals surface area (Å²) in [6.07, 6.45) is 5.25. The summed E-state index contributed by atoms with van der Waals surface area (Å²) in [6.45, 7) is 5.72. The van der Waals surface area contributed by atoms with E-state index >= 15 is 0 Å². The van der Waals surface area contributed by atoms with Crippen LogP contribution in [0.3, 0.4) is 0 Å². The molecule has 2 aliphatic rings. The molecule has 17 heavy (non-hydrogen) atoms. The molecule has 1 saturated carbocycles. The van der Waals surface area contributed by atoms with Gasteiger partial charge in [-0.15, -0.1) is 11.3 Å². The molecule has 2 N–H and O–H groups in total. The first-order valence-electron chi connectivity index (χ1n) is 6.74. The number of fused-ring (bicyclic) bond motifs is 1. The molecule has 1 aliphatic carbocycles. The van der Waals surface area contributed by atoms with Crippen molar-refractivity contribution in [2.24, 2.45) is 11.1 Å². The molecular weight excluding hydrogens is 228 g/mol. The van der Waals surface area contributed by atoms with Gasteiger partial charge in [-0.25, -0.2) is 0 Å². The highest BCUT2D eigenvalue weighted by molar-refractivity contribution is 7.10. The van der Waals surface area contributed by atoms with Crippen LogP contribution in [0, 0.1) is 5.41 Å². The molecule has 2 nitrogen and oxygen atoms in total. The molecule has 0 spiro atoms. The van der Waals surface area contributed by atoms with Gasteiger partial charge < -0.3 is 5.73 Å². The number of thiophene rings is 1. The molecule has 2 heterocycles. The van der Waals surface area contributed by atoms with Gasteiger partial charge in [-0.3, -0.25) is 4.90 Å². The van der Waals surface area contributed by atoms with Crippen molar-refractivity contribution in [2.45, 2.75) is 38.6 Å². The van der Waals surface area contributed by atoms with E-state index < -0.39 is 0 Å². The van der Waals surface area contributed by atoms with E-state index in [0.29, 0.717) is 11.5 Å². The fourth-order valence-corrected chi connectivity index (χ4v) is 4.14. The van der Waals surface area contributed by atoms with Crippen molar-refractivity contribution < 1.29 is 0 Å². The lowest BCUT2D eigenvalue weighted by atomic mass is 9.96. The van der Waals surface area contributed by atoms with E-state index in [4.69, 9.17) is 5.73 Å². The van der Waals surface area contributed by atoms with Gasteiger partial charge in [0.25, 0.3) is 0 Å². The molecule has 0 aromatic carbocycles. The largest absolute Gasteiger partial charge is 0.330 e. The minimum atomic E-state index is 0.580. The topological polar surface area (TPSA) is 29.3 Å². The SMILES string of the molecule is CC1c2ccsc2CCN1CC1(CCN)CC1. The maximum atomic E-state index is 5.74. The standard InChI is InChI=1S/C14H22N2S/c1-11-12-3-9-17-13(12)2-8-16(11)10-14(4-5-14)6-7-15/h3,9,11H,2,4-8,10,15H2,1H3. The minimum absolute atomic E-state index is 0.580. The summed E-state index contributed by atoms with van der Waals surface area (Å²) in [5.41, 5.74) is 7.89. The molecule has 1 aromatic heterocycles. The minimum Gasteiger partial charge on any atom is -0.330 e. The third-order valence-corrected chi connectivity index (χ3v) is 5.57. The van der Waals surface area contributed by atoms with Crippen LogP contribution in [-0.4, -0.2) is 24.5 Å². The first kappa shape index (κ1) is 11.7. The first-order valence-corrected chi connectivity index (χ1v) is 7.62. The molecule has 1 aromatic rings. The van der Waals surface area contributed by atoms with Crippen molar-refractivity contribution >= 4 is 11.3 Å². The smallest absolute Gasteiger partial charge is 0.0331 e. The summed E-state index contributed by atoms with van der Waals surface area (Å²) in [5.74, 6) is 0. The molecule has 1 unspecified atom stereocenters. The number of nitrogens with zero attached hydrogens (tertiary/aromatic N) is 1. The van der Waals surface area contributed by atoms with E-state index in [0.717, 1.165) is 6.54 Å². The van der Waals surface area contributed by atoms with Gasteiger partial charge in [0, 0.05) is 24.0 Å². The van der Waals surface area contributed by atoms with Crippen LogP contribution in [0.2, 0.25) is 0 Å². The van der Waals surface area contributed by atoms with Crippen LogP contribution >= 0.6 is 11.3 Å². The van der Waals surface area contributed by atoms with E-state index in [1.165, 1.54) is 38.8 Å². The highest BCUT2D eigenvalue weighted by atomic mass is 32.1. The average molecular weight is 250 g/mol. The van der Waals surface area contributed by atoms with Gasteiger partial charge in [-0.05, 0) is 61.6 Å². The lowest BCUT2D eigenvalue weighted by Crippen LogP contribution is -2.38. The Morgan fingerprint density at radius 1 is 1.53 bits per heavy atom. The second kappa shape index (κ2) is 4.38. The van der Waals surface area contributed by atoms with Gasteiger partial charge in [0.15, 0.2) is 0 Å². The van der Waals surface area contributed by atoms with Gasteiger partial charge >= 0.3 is 0 Å². The van der Waals surface area contributed by atoms with Gasteiger partial charge in [-0.2, -0.15) is 0 Å². The van der Waals surface area contributed by atoms with E-state index in [-0.39, 0.29) is 0 Å². The normalized spacial score (nSPS) is 26.8. The van der Waals surface area contributed by atoms with Crippen LogP contribution < -0.4 is 5.73 Å². The first-order chi connectivity index (χ1) is 8.24. The molecule has 94 valence electrons. The van der Waals surface area contributed by atoms with E-state index in [9.17, 15) is 0 Å². The van der Waals surface area contributed by atoms with Crippen molar-refractivity contribution in [3.8, 4) is 0 Å². The van der Waals surface area contributed by atoms with E-state index in [2.05, 4.69) is 23.3 Å². The van der Waals surface area contributed by atoms with Crippen LogP contribution in [0.15, 0.2) is 11.4 Å². The molecule has 1 fully saturated rings. The highest BCUT2D eigenvalue weighted by Gasteiger charge is 2.44. The Bertz CT molecular complexity index is 395. The van der Waals surface area contributed by atoms with Crippen molar-refractivity contribution in [1.82, 2.24) is 4.90 Å². The average Bonchev–Trinajstić information content (AvgIpc) is 2.90. The zero-order valence-corrected chi connectivity index (χ0v) is 11.4. The lowest BCUT2D eigenvalue weighted by Gasteiger charge is -2.36. The van der Waals surface area contributed by atoms with Crippen LogP contribution in [0.4, 0.5) is 0 Å². The Morgan fingerprint density at radius 3 is 3.06 bits per heavy atom. The monoisotopic (exact) mass is 250 g/mol. The highest BCUT2D eigenvalue weighted by Crippen LogP contribution is 2.50. The van der Waals surface area contributed by atoms with E-state index in [1.807, 2.05) is 11.3 Å². The molecule has 1 aliphatic heterocycles. The van der Waals surface area contributed by atoms with Crippen LogP contribution in [0.25, 0.3) is 0 Å². The quantitative estimate of drug-likeness (QED) is 0.890. The molecule has 0 amide bonds. The van der Waals surface area contributed by atoms with Gasteiger partial charge in [0.05, 0.1) is 0 Å². The molecule has 0 bridgehead atoms. The van der Waals surface area contributed by atoms with Crippen molar-refractivity contribution in [1.29, 1.82) is 0 Å². The number of nitrogens with two attached hydrogens (primary N) is 1. The zero-order chi connectivity index (χ0) is 11.9. The van der Waals surface area contributed by atoms with Crippen molar-refractivity contribution in [3.05, 3.63) is 21.9 Å². The van der Waals surface area contributed by atoms with Crippen molar-refractivity contribution in [3.63, 3.8) is 0 Å². The van der Waals surface area contributed by atoms with Gasteiger partial charge in [-0.1, -0.05) is 0 Å². The molecule has 0 radical (unpaired) electrons.